The molecular formula is C17H13FN6O. The van der Waals surface area contributed by atoms with Crippen LogP contribution in [0.1, 0.15) is 16.2 Å². The van der Waals surface area contributed by atoms with Gasteiger partial charge in [-0.15, -0.1) is 0 Å². The molecular weight excluding hydrogens is 323 g/mol. The first kappa shape index (κ1) is 15.0. The van der Waals surface area contributed by atoms with E-state index >= 15 is 0 Å². The van der Waals surface area contributed by atoms with Crippen LogP contribution >= 0.6 is 0 Å². The van der Waals surface area contributed by atoms with Crippen molar-refractivity contribution < 1.29 is 9.18 Å². The van der Waals surface area contributed by atoms with Gasteiger partial charge in [0, 0.05) is 11.8 Å². The Labute approximate surface area is 141 Å². The minimum atomic E-state index is -0.387. The second kappa shape index (κ2) is 5.82. The molecule has 4 aromatic rings. The molecule has 124 valence electrons. The molecule has 0 bridgehead atoms. The van der Waals surface area contributed by atoms with Crippen molar-refractivity contribution in [1.82, 2.24) is 24.8 Å². The number of H-pyrrole nitrogens is 1. The number of aromatic amines is 1. The van der Waals surface area contributed by atoms with Gasteiger partial charge in [0.15, 0.2) is 5.65 Å². The number of carbonyl (C=O) groups is 1. The highest BCUT2D eigenvalue weighted by molar-refractivity contribution is 6.09. The molecule has 0 fully saturated rings. The van der Waals surface area contributed by atoms with E-state index in [2.05, 4.69) is 25.6 Å². The van der Waals surface area contributed by atoms with Crippen LogP contribution < -0.4 is 5.32 Å². The number of aromatic nitrogens is 5. The second-order valence-corrected chi connectivity index (χ2v) is 5.47. The summed E-state index contributed by atoms with van der Waals surface area (Å²) in [5.41, 5.74) is 2.37. The zero-order valence-corrected chi connectivity index (χ0v) is 13.2. The van der Waals surface area contributed by atoms with Crippen LogP contribution in [0, 0.1) is 12.7 Å². The largest absolute Gasteiger partial charge is 0.319 e. The maximum Gasteiger partial charge on any atom is 0.259 e. The number of halogens is 1. The summed E-state index contributed by atoms with van der Waals surface area (Å²) in [5.74, 6) is -0.158. The number of hydrogen-bond acceptors (Lipinski definition) is 4. The van der Waals surface area contributed by atoms with Crippen molar-refractivity contribution in [3.8, 4) is 11.3 Å². The first-order chi connectivity index (χ1) is 12.1. The molecule has 0 aliphatic rings. The maximum absolute atomic E-state index is 13.5. The van der Waals surface area contributed by atoms with Gasteiger partial charge in [0.25, 0.3) is 5.91 Å². The van der Waals surface area contributed by atoms with Gasteiger partial charge in [-0.3, -0.25) is 9.89 Å². The summed E-state index contributed by atoms with van der Waals surface area (Å²) in [6, 6.07) is 9.46. The maximum atomic E-state index is 13.5. The van der Waals surface area contributed by atoms with E-state index in [9.17, 15) is 9.18 Å². The van der Waals surface area contributed by atoms with Crippen LogP contribution in [0.3, 0.4) is 0 Å². The van der Waals surface area contributed by atoms with Gasteiger partial charge in [-0.2, -0.15) is 10.2 Å². The lowest BCUT2D eigenvalue weighted by molar-refractivity contribution is 0.102. The molecule has 8 heteroatoms. The number of amides is 1. The molecule has 0 radical (unpaired) electrons. The molecule has 4 rings (SSSR count). The molecule has 25 heavy (non-hydrogen) atoms. The summed E-state index contributed by atoms with van der Waals surface area (Å²) in [6.45, 7) is 1.77. The Bertz CT molecular complexity index is 1080. The van der Waals surface area contributed by atoms with Crippen LogP contribution in [0.25, 0.3) is 16.9 Å². The van der Waals surface area contributed by atoms with Crippen molar-refractivity contribution in [3.63, 3.8) is 0 Å². The second-order valence-electron chi connectivity index (χ2n) is 5.47. The van der Waals surface area contributed by atoms with Gasteiger partial charge in [-0.1, -0.05) is 12.1 Å². The van der Waals surface area contributed by atoms with Crippen molar-refractivity contribution in [2.75, 3.05) is 5.32 Å². The number of nitrogens with one attached hydrogen (secondary N) is 2. The molecule has 0 atom stereocenters. The number of fused-ring (bicyclic) bond motifs is 1. The number of benzene rings is 1. The fourth-order valence-corrected chi connectivity index (χ4v) is 2.62. The summed E-state index contributed by atoms with van der Waals surface area (Å²) in [7, 11) is 0. The van der Waals surface area contributed by atoms with E-state index in [1.54, 1.807) is 41.9 Å². The van der Waals surface area contributed by atoms with Gasteiger partial charge < -0.3 is 5.32 Å². The van der Waals surface area contributed by atoms with Crippen molar-refractivity contribution in [3.05, 3.63) is 66.0 Å². The number of hydrogen-bond donors (Lipinski definition) is 2. The monoisotopic (exact) mass is 336 g/mol. The Balaban J connectivity index is 1.69. The number of carbonyl (C=O) groups excluding carboxylic acids is 1. The summed E-state index contributed by atoms with van der Waals surface area (Å²) < 4.78 is 15.1. The molecule has 7 nitrogen and oxygen atoms in total. The summed E-state index contributed by atoms with van der Waals surface area (Å²) in [4.78, 5) is 17.0. The number of rotatable bonds is 3. The highest BCUT2D eigenvalue weighted by atomic mass is 19.1. The molecule has 1 amide bonds. The number of aryl methyl sites for hydroxylation is 1. The first-order valence-electron chi connectivity index (χ1n) is 7.54. The van der Waals surface area contributed by atoms with E-state index in [1.165, 1.54) is 18.3 Å². The fourth-order valence-electron chi connectivity index (χ4n) is 2.62. The Hall–Kier alpha value is -3.55. The molecule has 3 aromatic heterocycles. The van der Waals surface area contributed by atoms with Crippen LogP contribution in [0.5, 0.6) is 0 Å². The highest BCUT2D eigenvalue weighted by Crippen LogP contribution is 2.23. The number of anilines is 1. The zero-order chi connectivity index (χ0) is 17.4. The van der Waals surface area contributed by atoms with Crippen LogP contribution in [-0.4, -0.2) is 30.7 Å². The van der Waals surface area contributed by atoms with E-state index in [-0.39, 0.29) is 11.7 Å². The van der Waals surface area contributed by atoms with Crippen LogP contribution in [0.15, 0.2) is 48.8 Å². The lowest BCUT2D eigenvalue weighted by Gasteiger charge is -2.07. The van der Waals surface area contributed by atoms with Crippen molar-refractivity contribution in [2.45, 2.75) is 6.92 Å². The van der Waals surface area contributed by atoms with E-state index in [1.807, 2.05) is 0 Å². The third kappa shape index (κ3) is 2.74. The Kier molecular flexibility index (Phi) is 3.50. The molecule has 0 unspecified atom stereocenters. The van der Waals surface area contributed by atoms with Crippen LogP contribution in [0.2, 0.25) is 0 Å². The van der Waals surface area contributed by atoms with Crippen LogP contribution in [0.4, 0.5) is 10.1 Å². The standard InChI is InChI=1S/C17H13FN6O/c1-10-20-16-14(6-3-7-24(16)23-10)21-17(25)13-9-19-22-15(13)11-4-2-5-12(18)8-11/h2-9H,1H3,(H,19,22)(H,21,25). The Morgan fingerprint density at radius 3 is 3.00 bits per heavy atom. The van der Waals surface area contributed by atoms with Crippen LogP contribution in [-0.2, 0) is 0 Å². The van der Waals surface area contributed by atoms with Gasteiger partial charge in [-0.25, -0.2) is 13.9 Å². The third-order valence-electron chi connectivity index (χ3n) is 3.71. The highest BCUT2D eigenvalue weighted by Gasteiger charge is 2.17. The van der Waals surface area contributed by atoms with Gasteiger partial charge in [0.05, 0.1) is 23.1 Å². The average Bonchev–Trinajstić information content (AvgIpc) is 3.21. The number of pyridine rings is 1. The average molecular weight is 336 g/mol. The molecule has 2 N–H and O–H groups in total. The fraction of sp³-hybridized carbons (Fsp3) is 0.0588. The predicted octanol–water partition coefficient (Wildman–Crippen LogP) is 2.82. The summed E-state index contributed by atoms with van der Waals surface area (Å²) in [5, 5.41) is 13.7. The van der Waals surface area contributed by atoms with E-state index in [4.69, 9.17) is 0 Å². The van der Waals surface area contributed by atoms with Gasteiger partial charge in [0.2, 0.25) is 0 Å². The molecule has 1 aromatic carbocycles. The molecule has 3 heterocycles. The van der Waals surface area contributed by atoms with Gasteiger partial charge >= 0.3 is 0 Å². The van der Waals surface area contributed by atoms with Crippen molar-refractivity contribution in [2.24, 2.45) is 0 Å². The summed E-state index contributed by atoms with van der Waals surface area (Å²) in [6.07, 6.45) is 3.16. The Morgan fingerprint density at radius 1 is 1.28 bits per heavy atom. The predicted molar refractivity (Wildman–Crippen MR) is 89.7 cm³/mol. The van der Waals surface area contributed by atoms with E-state index < -0.39 is 0 Å². The molecule has 0 saturated heterocycles. The smallest absolute Gasteiger partial charge is 0.259 e. The lowest BCUT2D eigenvalue weighted by Crippen LogP contribution is -2.13. The van der Waals surface area contributed by atoms with E-state index in [0.29, 0.717) is 34.0 Å². The van der Waals surface area contributed by atoms with Crippen molar-refractivity contribution >= 4 is 17.2 Å². The quantitative estimate of drug-likeness (QED) is 0.602. The first-order valence-corrected chi connectivity index (χ1v) is 7.54. The molecule has 0 aliphatic carbocycles. The lowest BCUT2D eigenvalue weighted by atomic mass is 10.1. The SMILES string of the molecule is Cc1nc2c(NC(=O)c3cn[nH]c3-c3cccc(F)c3)cccn2n1. The molecule has 0 spiro atoms. The van der Waals surface area contributed by atoms with Crippen molar-refractivity contribution in [1.29, 1.82) is 0 Å². The Morgan fingerprint density at radius 2 is 2.16 bits per heavy atom. The molecule has 0 aliphatic heterocycles. The zero-order valence-electron chi connectivity index (χ0n) is 13.2. The third-order valence-corrected chi connectivity index (χ3v) is 3.71. The topological polar surface area (TPSA) is 88.0 Å². The van der Waals surface area contributed by atoms with Gasteiger partial charge in [-0.05, 0) is 31.2 Å². The van der Waals surface area contributed by atoms with E-state index in [0.717, 1.165) is 0 Å². The normalized spacial score (nSPS) is 11.0. The van der Waals surface area contributed by atoms with Gasteiger partial charge in [0.1, 0.15) is 11.6 Å². The minimum absolute atomic E-state index is 0.309. The summed E-state index contributed by atoms with van der Waals surface area (Å²) >= 11 is 0. The minimum Gasteiger partial charge on any atom is -0.319 e. The number of nitrogens with zero attached hydrogens (tertiary/aromatic N) is 4. The molecule has 0 saturated carbocycles.